The lowest BCUT2D eigenvalue weighted by Crippen LogP contribution is -2.78. The second kappa shape index (κ2) is 4.73. The van der Waals surface area contributed by atoms with E-state index in [4.69, 9.17) is 5.73 Å². The molecule has 0 aliphatic carbocycles. The number of nitrogens with one attached hydrogen (secondary N) is 1. The van der Waals surface area contributed by atoms with Gasteiger partial charge in [-0.05, 0) is 13.3 Å². The fourth-order valence-electron chi connectivity index (χ4n) is 3.42. The summed E-state index contributed by atoms with van der Waals surface area (Å²) < 4.78 is 0. The zero-order valence-corrected chi connectivity index (χ0v) is 11.9. The fraction of sp³-hybridized carbons (Fsp3) is 0.769. The van der Waals surface area contributed by atoms with E-state index in [1.807, 2.05) is 13.8 Å². The van der Waals surface area contributed by atoms with E-state index in [0.717, 1.165) is 0 Å². The van der Waals surface area contributed by atoms with E-state index in [-0.39, 0.29) is 30.2 Å². The second-order valence-corrected chi connectivity index (χ2v) is 5.78. The smallest absolute Gasteiger partial charge is 0.251 e. The molecule has 2 aliphatic heterocycles. The van der Waals surface area contributed by atoms with Gasteiger partial charge in [-0.3, -0.25) is 14.4 Å². The van der Waals surface area contributed by atoms with E-state index < -0.39 is 23.6 Å². The van der Waals surface area contributed by atoms with Crippen molar-refractivity contribution >= 4 is 17.7 Å². The van der Waals surface area contributed by atoms with Crippen molar-refractivity contribution in [2.45, 2.75) is 44.9 Å². The van der Waals surface area contributed by atoms with E-state index >= 15 is 0 Å². The van der Waals surface area contributed by atoms with E-state index in [0.29, 0.717) is 6.42 Å². The van der Waals surface area contributed by atoms with Crippen molar-refractivity contribution in [2.24, 2.45) is 17.6 Å². The number of hydrogen-bond donors (Lipinski definition) is 3. The summed E-state index contributed by atoms with van der Waals surface area (Å²) in [6, 6.07) is -1.04. The molecule has 0 aromatic heterocycles. The van der Waals surface area contributed by atoms with Gasteiger partial charge in [-0.1, -0.05) is 13.8 Å². The number of aliphatic hydroxyl groups is 1. The summed E-state index contributed by atoms with van der Waals surface area (Å²) in [7, 11) is 0. The van der Waals surface area contributed by atoms with Crippen LogP contribution in [0.5, 0.6) is 0 Å². The highest BCUT2D eigenvalue weighted by atomic mass is 16.3. The monoisotopic (exact) mass is 283 g/mol. The van der Waals surface area contributed by atoms with Gasteiger partial charge in [0.2, 0.25) is 11.8 Å². The van der Waals surface area contributed by atoms with E-state index in [9.17, 15) is 19.5 Å². The Balaban J connectivity index is 2.20. The predicted octanol–water partition coefficient (Wildman–Crippen LogP) is -1.41. The van der Waals surface area contributed by atoms with Crippen LogP contribution in [-0.2, 0) is 14.4 Å². The van der Waals surface area contributed by atoms with Crippen LogP contribution in [-0.4, -0.2) is 52.0 Å². The predicted molar refractivity (Wildman–Crippen MR) is 70.2 cm³/mol. The minimum Gasteiger partial charge on any atom is -0.391 e. The lowest BCUT2D eigenvalue weighted by molar-refractivity contribution is -0.166. The summed E-state index contributed by atoms with van der Waals surface area (Å²) in [6.07, 6.45) is -0.374. The normalized spacial score (nSPS) is 35.7. The maximum absolute atomic E-state index is 12.4. The Kier molecular flexibility index (Phi) is 3.49. The van der Waals surface area contributed by atoms with Gasteiger partial charge in [0.05, 0.1) is 12.6 Å². The average Bonchev–Trinajstić information content (AvgIpc) is 2.61. The number of carbonyl (C=O) groups excluding carboxylic acids is 3. The first-order valence-electron chi connectivity index (χ1n) is 6.86. The van der Waals surface area contributed by atoms with Crippen molar-refractivity contribution in [3.63, 3.8) is 0 Å². The second-order valence-electron chi connectivity index (χ2n) is 5.78. The van der Waals surface area contributed by atoms with Crippen molar-refractivity contribution < 1.29 is 19.5 Å². The van der Waals surface area contributed by atoms with Gasteiger partial charge < -0.3 is 21.1 Å². The van der Waals surface area contributed by atoms with Gasteiger partial charge in [-0.25, -0.2) is 0 Å². The number of rotatable bonds is 4. The number of amides is 3. The van der Waals surface area contributed by atoms with Gasteiger partial charge >= 0.3 is 0 Å². The number of nitrogens with zero attached hydrogens (tertiary/aromatic N) is 1. The third-order valence-electron chi connectivity index (χ3n) is 4.65. The molecule has 0 saturated carbocycles. The van der Waals surface area contributed by atoms with Crippen molar-refractivity contribution in [1.29, 1.82) is 0 Å². The standard InChI is InChI=1S/C13H21N3O4/c1-4-8-6(2)13(15-11(8)19)5-16(12(13)20)9(7(3)17)10(14)18/h6-9,17H,4-5H2,1-3H3,(H2,14,18)(H,15,19)/t6?,7-,8?,9+,13?/m1/s1. The number of hydrogen-bond acceptors (Lipinski definition) is 4. The highest BCUT2D eigenvalue weighted by Crippen LogP contribution is 2.42. The molecule has 0 radical (unpaired) electrons. The molecule has 112 valence electrons. The van der Waals surface area contributed by atoms with Crippen LogP contribution in [0.15, 0.2) is 0 Å². The molecule has 2 aliphatic rings. The molecule has 2 fully saturated rings. The average molecular weight is 283 g/mol. The highest BCUT2D eigenvalue weighted by molar-refractivity contribution is 6.03. The molecule has 0 bridgehead atoms. The van der Waals surface area contributed by atoms with E-state index in [1.165, 1.54) is 11.8 Å². The number of nitrogens with two attached hydrogens (primary N) is 1. The Labute approximate surface area is 117 Å². The number of aliphatic hydroxyl groups excluding tert-OH is 1. The summed E-state index contributed by atoms with van der Waals surface area (Å²) in [5.74, 6) is -1.53. The first kappa shape index (κ1) is 14.8. The van der Waals surface area contributed by atoms with Crippen LogP contribution in [0.2, 0.25) is 0 Å². The molecule has 20 heavy (non-hydrogen) atoms. The maximum atomic E-state index is 12.4. The molecule has 1 spiro atoms. The first-order chi connectivity index (χ1) is 9.26. The minimum absolute atomic E-state index is 0.124. The molecular weight excluding hydrogens is 262 g/mol. The Morgan fingerprint density at radius 3 is 2.55 bits per heavy atom. The fourth-order valence-corrected chi connectivity index (χ4v) is 3.42. The van der Waals surface area contributed by atoms with Crippen molar-refractivity contribution in [1.82, 2.24) is 10.2 Å². The van der Waals surface area contributed by atoms with Gasteiger partial charge in [0.25, 0.3) is 5.91 Å². The summed E-state index contributed by atoms with van der Waals surface area (Å²) in [5.41, 5.74) is 4.30. The lowest BCUT2D eigenvalue weighted by Gasteiger charge is -2.51. The van der Waals surface area contributed by atoms with Crippen molar-refractivity contribution in [3.05, 3.63) is 0 Å². The molecule has 3 amide bonds. The van der Waals surface area contributed by atoms with Crippen LogP contribution in [0.25, 0.3) is 0 Å². The molecule has 5 atom stereocenters. The Bertz CT molecular complexity index is 465. The summed E-state index contributed by atoms with van der Waals surface area (Å²) in [5, 5.41) is 12.4. The van der Waals surface area contributed by atoms with Crippen LogP contribution in [0.4, 0.5) is 0 Å². The third-order valence-corrected chi connectivity index (χ3v) is 4.65. The van der Waals surface area contributed by atoms with Crippen LogP contribution < -0.4 is 11.1 Å². The topological polar surface area (TPSA) is 113 Å². The van der Waals surface area contributed by atoms with Crippen LogP contribution >= 0.6 is 0 Å². The maximum Gasteiger partial charge on any atom is 0.251 e. The van der Waals surface area contributed by atoms with Crippen LogP contribution in [0.1, 0.15) is 27.2 Å². The molecular formula is C13H21N3O4. The molecule has 4 N–H and O–H groups in total. The molecule has 7 heteroatoms. The zero-order chi connectivity index (χ0) is 15.2. The van der Waals surface area contributed by atoms with Crippen molar-refractivity contribution in [2.75, 3.05) is 6.54 Å². The van der Waals surface area contributed by atoms with Gasteiger partial charge in [0.15, 0.2) is 0 Å². The summed E-state index contributed by atoms with van der Waals surface area (Å²) >= 11 is 0. The molecule has 2 heterocycles. The summed E-state index contributed by atoms with van der Waals surface area (Å²) in [4.78, 5) is 37.0. The molecule has 3 unspecified atom stereocenters. The SMILES string of the molecule is CCC1C(=O)NC2(CN([C@H](C(N)=O)[C@@H](C)O)C2=O)C1C. The van der Waals surface area contributed by atoms with Gasteiger partial charge in [-0.15, -0.1) is 0 Å². The molecule has 2 rings (SSSR count). The van der Waals surface area contributed by atoms with Gasteiger partial charge in [0.1, 0.15) is 11.6 Å². The van der Waals surface area contributed by atoms with Crippen LogP contribution in [0.3, 0.4) is 0 Å². The van der Waals surface area contributed by atoms with E-state index in [2.05, 4.69) is 5.32 Å². The molecule has 0 aromatic rings. The van der Waals surface area contributed by atoms with Crippen molar-refractivity contribution in [3.8, 4) is 0 Å². The van der Waals surface area contributed by atoms with Crippen LogP contribution in [0, 0.1) is 11.8 Å². The number of likely N-dealkylation sites (tertiary alicyclic amines) is 1. The quantitative estimate of drug-likeness (QED) is 0.550. The van der Waals surface area contributed by atoms with Gasteiger partial charge in [-0.2, -0.15) is 0 Å². The Morgan fingerprint density at radius 1 is 1.60 bits per heavy atom. The number of primary amides is 1. The summed E-state index contributed by atoms with van der Waals surface area (Å²) in [6.45, 7) is 5.40. The number of carbonyl (C=O) groups is 3. The largest absolute Gasteiger partial charge is 0.391 e. The van der Waals surface area contributed by atoms with E-state index in [1.54, 1.807) is 0 Å². The molecule has 2 saturated heterocycles. The molecule has 0 aromatic carbocycles. The number of β-lactam (4-membered cyclic amide) rings is 1. The zero-order valence-electron chi connectivity index (χ0n) is 11.9. The third kappa shape index (κ3) is 1.80. The highest BCUT2D eigenvalue weighted by Gasteiger charge is 2.64. The molecule has 7 nitrogen and oxygen atoms in total. The Hall–Kier alpha value is -1.63. The Morgan fingerprint density at radius 2 is 2.20 bits per heavy atom. The minimum atomic E-state index is -1.04. The first-order valence-corrected chi connectivity index (χ1v) is 6.86. The lowest BCUT2D eigenvalue weighted by atomic mass is 9.73. The van der Waals surface area contributed by atoms with Gasteiger partial charge in [0, 0.05) is 11.8 Å².